The molecular weight excluding hydrogens is 250 g/mol. The van der Waals surface area contributed by atoms with Crippen molar-refractivity contribution in [3.63, 3.8) is 0 Å². The van der Waals surface area contributed by atoms with Crippen LogP contribution in [0.2, 0.25) is 0 Å². The van der Waals surface area contributed by atoms with Crippen molar-refractivity contribution in [2.45, 2.75) is 45.8 Å². The first-order valence-electron chi connectivity index (χ1n) is 7.93. The Kier molecular flexibility index (Phi) is 6.07. The molecule has 1 fully saturated rings. The topological polar surface area (TPSA) is 31.7 Å². The van der Waals surface area contributed by atoms with Gasteiger partial charge in [-0.15, -0.1) is 0 Å². The van der Waals surface area contributed by atoms with E-state index in [0.29, 0.717) is 6.04 Å². The van der Waals surface area contributed by atoms with Crippen LogP contribution < -0.4 is 5.32 Å². The van der Waals surface area contributed by atoms with Crippen molar-refractivity contribution in [3.05, 3.63) is 23.7 Å². The SMILES string of the molecule is CCNCc1occc1CN1CCCN(C)CC1CC. The molecule has 114 valence electrons. The molecule has 0 radical (unpaired) electrons. The van der Waals surface area contributed by atoms with Crippen molar-refractivity contribution >= 4 is 0 Å². The normalized spacial score (nSPS) is 22.1. The van der Waals surface area contributed by atoms with Gasteiger partial charge in [0, 0.05) is 31.2 Å². The fourth-order valence-corrected chi connectivity index (χ4v) is 3.01. The second-order valence-electron chi connectivity index (χ2n) is 5.80. The van der Waals surface area contributed by atoms with Gasteiger partial charge in [-0.3, -0.25) is 4.90 Å². The molecule has 1 atom stereocenters. The molecule has 20 heavy (non-hydrogen) atoms. The lowest BCUT2D eigenvalue weighted by molar-refractivity contribution is 0.175. The van der Waals surface area contributed by atoms with Crippen LogP contribution in [0.5, 0.6) is 0 Å². The molecule has 4 nitrogen and oxygen atoms in total. The van der Waals surface area contributed by atoms with Gasteiger partial charge >= 0.3 is 0 Å². The summed E-state index contributed by atoms with van der Waals surface area (Å²) in [5, 5.41) is 3.35. The van der Waals surface area contributed by atoms with Crippen LogP contribution >= 0.6 is 0 Å². The first-order valence-corrected chi connectivity index (χ1v) is 7.93. The van der Waals surface area contributed by atoms with Crippen LogP contribution in [0.4, 0.5) is 0 Å². The summed E-state index contributed by atoms with van der Waals surface area (Å²) in [6.45, 7) is 10.8. The molecule has 1 aliphatic heterocycles. The van der Waals surface area contributed by atoms with E-state index < -0.39 is 0 Å². The number of hydrogen-bond donors (Lipinski definition) is 1. The number of rotatable bonds is 6. The van der Waals surface area contributed by atoms with Crippen molar-refractivity contribution in [2.24, 2.45) is 0 Å². The van der Waals surface area contributed by atoms with Crippen LogP contribution in [-0.4, -0.2) is 49.1 Å². The van der Waals surface area contributed by atoms with Crippen LogP contribution in [-0.2, 0) is 13.1 Å². The third kappa shape index (κ3) is 4.08. The lowest BCUT2D eigenvalue weighted by Crippen LogP contribution is -2.39. The van der Waals surface area contributed by atoms with E-state index in [1.807, 2.05) is 6.26 Å². The molecular formula is C16H29N3O. The van der Waals surface area contributed by atoms with Crippen molar-refractivity contribution in [3.8, 4) is 0 Å². The number of hydrogen-bond acceptors (Lipinski definition) is 4. The van der Waals surface area contributed by atoms with E-state index in [1.54, 1.807) is 0 Å². The minimum atomic E-state index is 0.657. The summed E-state index contributed by atoms with van der Waals surface area (Å²) in [5.41, 5.74) is 1.34. The second-order valence-corrected chi connectivity index (χ2v) is 5.80. The van der Waals surface area contributed by atoms with Gasteiger partial charge in [-0.25, -0.2) is 0 Å². The molecule has 2 rings (SSSR count). The Morgan fingerprint density at radius 2 is 2.20 bits per heavy atom. The van der Waals surface area contributed by atoms with Crippen molar-refractivity contribution in [2.75, 3.05) is 33.2 Å². The van der Waals surface area contributed by atoms with Crippen LogP contribution in [0.1, 0.15) is 38.0 Å². The number of nitrogens with zero attached hydrogens (tertiary/aromatic N) is 2. The highest BCUT2D eigenvalue weighted by Crippen LogP contribution is 2.19. The predicted octanol–water partition coefficient (Wildman–Crippen LogP) is 2.31. The molecule has 0 spiro atoms. The molecule has 4 heteroatoms. The maximum atomic E-state index is 5.63. The summed E-state index contributed by atoms with van der Waals surface area (Å²) >= 11 is 0. The molecule has 1 saturated heterocycles. The molecule has 0 bridgehead atoms. The zero-order chi connectivity index (χ0) is 14.4. The monoisotopic (exact) mass is 279 g/mol. The Morgan fingerprint density at radius 1 is 1.35 bits per heavy atom. The number of nitrogens with one attached hydrogen (secondary N) is 1. The van der Waals surface area contributed by atoms with E-state index in [4.69, 9.17) is 4.42 Å². The largest absolute Gasteiger partial charge is 0.468 e. The van der Waals surface area contributed by atoms with Crippen LogP contribution in [0.3, 0.4) is 0 Å². The molecule has 0 saturated carbocycles. The lowest BCUT2D eigenvalue weighted by atomic mass is 10.1. The van der Waals surface area contributed by atoms with Gasteiger partial charge in [-0.05, 0) is 39.0 Å². The van der Waals surface area contributed by atoms with Gasteiger partial charge in [-0.1, -0.05) is 13.8 Å². The standard InChI is InChI=1S/C16H29N3O/c1-4-15-13-18(3)8-6-9-19(15)12-14-7-10-20-16(14)11-17-5-2/h7,10,15,17H,4-6,8-9,11-13H2,1-3H3. The molecule has 1 aromatic heterocycles. The molecule has 2 heterocycles. The van der Waals surface area contributed by atoms with Gasteiger partial charge in [0.25, 0.3) is 0 Å². The zero-order valence-electron chi connectivity index (χ0n) is 13.2. The zero-order valence-corrected chi connectivity index (χ0v) is 13.2. The average molecular weight is 279 g/mol. The minimum Gasteiger partial charge on any atom is -0.468 e. The van der Waals surface area contributed by atoms with E-state index in [2.05, 4.69) is 42.1 Å². The first-order chi connectivity index (χ1) is 9.74. The molecule has 0 aliphatic carbocycles. The van der Waals surface area contributed by atoms with Gasteiger partial charge in [0.15, 0.2) is 0 Å². The molecule has 1 aliphatic rings. The highest BCUT2D eigenvalue weighted by atomic mass is 16.3. The van der Waals surface area contributed by atoms with Gasteiger partial charge in [0.05, 0.1) is 12.8 Å². The first kappa shape index (κ1) is 15.5. The molecule has 1 unspecified atom stereocenters. The molecule has 1 aromatic rings. The predicted molar refractivity (Wildman–Crippen MR) is 82.7 cm³/mol. The Hall–Kier alpha value is -0.840. The third-order valence-corrected chi connectivity index (χ3v) is 4.24. The maximum absolute atomic E-state index is 5.63. The summed E-state index contributed by atoms with van der Waals surface area (Å²) in [6, 6.07) is 2.79. The van der Waals surface area contributed by atoms with Crippen LogP contribution in [0.15, 0.2) is 16.7 Å². The Morgan fingerprint density at radius 3 is 2.95 bits per heavy atom. The van der Waals surface area contributed by atoms with Crippen molar-refractivity contribution < 1.29 is 4.42 Å². The van der Waals surface area contributed by atoms with Gasteiger partial charge in [0.1, 0.15) is 5.76 Å². The van der Waals surface area contributed by atoms with Crippen molar-refractivity contribution in [1.29, 1.82) is 0 Å². The number of likely N-dealkylation sites (N-methyl/N-ethyl adjacent to an activating group) is 1. The quantitative estimate of drug-likeness (QED) is 0.866. The fraction of sp³-hybridized carbons (Fsp3) is 0.750. The summed E-state index contributed by atoms with van der Waals surface area (Å²) in [7, 11) is 2.24. The Balaban J connectivity index is 2.01. The maximum Gasteiger partial charge on any atom is 0.122 e. The summed E-state index contributed by atoms with van der Waals surface area (Å²) < 4.78 is 5.63. The smallest absolute Gasteiger partial charge is 0.122 e. The van der Waals surface area contributed by atoms with Gasteiger partial charge in [0.2, 0.25) is 0 Å². The summed E-state index contributed by atoms with van der Waals surface area (Å²) in [5.74, 6) is 1.10. The third-order valence-electron chi connectivity index (χ3n) is 4.24. The van der Waals surface area contributed by atoms with E-state index >= 15 is 0 Å². The fourth-order valence-electron chi connectivity index (χ4n) is 3.01. The highest BCUT2D eigenvalue weighted by molar-refractivity contribution is 5.17. The highest BCUT2D eigenvalue weighted by Gasteiger charge is 2.23. The van der Waals surface area contributed by atoms with E-state index in [0.717, 1.165) is 25.4 Å². The summed E-state index contributed by atoms with van der Waals surface area (Å²) in [6.07, 6.45) is 4.30. The van der Waals surface area contributed by atoms with Crippen molar-refractivity contribution in [1.82, 2.24) is 15.1 Å². The second kappa shape index (κ2) is 7.81. The lowest BCUT2D eigenvalue weighted by Gasteiger charge is -2.30. The molecule has 0 aromatic carbocycles. The minimum absolute atomic E-state index is 0.657. The Labute approximate surface area is 123 Å². The van der Waals surface area contributed by atoms with E-state index in [9.17, 15) is 0 Å². The average Bonchev–Trinajstić information content (AvgIpc) is 2.80. The summed E-state index contributed by atoms with van der Waals surface area (Å²) in [4.78, 5) is 5.09. The van der Waals surface area contributed by atoms with Gasteiger partial charge in [-0.2, -0.15) is 0 Å². The van der Waals surface area contributed by atoms with Crippen LogP contribution in [0.25, 0.3) is 0 Å². The van der Waals surface area contributed by atoms with Crippen LogP contribution in [0, 0.1) is 0 Å². The van der Waals surface area contributed by atoms with E-state index in [-0.39, 0.29) is 0 Å². The molecule has 1 N–H and O–H groups in total. The molecule has 0 amide bonds. The van der Waals surface area contributed by atoms with E-state index in [1.165, 1.54) is 38.0 Å². The van der Waals surface area contributed by atoms with Gasteiger partial charge < -0.3 is 14.6 Å². The Bertz CT molecular complexity index is 391. The number of furan rings is 1.